The van der Waals surface area contributed by atoms with Crippen molar-refractivity contribution in [3.05, 3.63) is 0 Å². The van der Waals surface area contributed by atoms with Gasteiger partial charge in [-0.25, -0.2) is 8.42 Å². The fourth-order valence-corrected chi connectivity index (χ4v) is 2.82. The Morgan fingerprint density at radius 1 is 1.27 bits per heavy atom. The second-order valence-corrected chi connectivity index (χ2v) is 7.32. The molecule has 0 aliphatic heterocycles. The first-order valence-corrected chi connectivity index (χ1v) is 8.56. The van der Waals surface area contributed by atoms with E-state index in [1.165, 1.54) is 0 Å². The van der Waals surface area contributed by atoms with E-state index in [-0.39, 0.29) is 5.75 Å². The van der Waals surface area contributed by atoms with E-state index in [2.05, 4.69) is 18.5 Å². The third kappa shape index (κ3) is 9.20. The number of thioether (sulfide) groups is 1. The van der Waals surface area contributed by atoms with E-state index in [0.29, 0.717) is 24.0 Å². The monoisotopic (exact) mass is 253 g/mol. The van der Waals surface area contributed by atoms with E-state index >= 15 is 0 Å². The summed E-state index contributed by atoms with van der Waals surface area (Å²) in [7, 11) is -2.81. The maximum absolute atomic E-state index is 11.3. The molecule has 1 atom stereocenters. The molecule has 0 aromatic carbocycles. The molecule has 5 heteroatoms. The Morgan fingerprint density at radius 3 is 2.47 bits per heavy atom. The molecule has 1 N–H and O–H groups in total. The van der Waals surface area contributed by atoms with Crippen molar-refractivity contribution < 1.29 is 8.42 Å². The Hall–Kier alpha value is 0.260. The number of rotatable bonds is 9. The average molecular weight is 253 g/mol. The third-order valence-electron chi connectivity index (χ3n) is 2.23. The molecule has 0 fully saturated rings. The van der Waals surface area contributed by atoms with Gasteiger partial charge in [0.2, 0.25) is 0 Å². The van der Waals surface area contributed by atoms with E-state index in [4.69, 9.17) is 0 Å². The number of hydrogen-bond donors (Lipinski definition) is 1. The highest BCUT2D eigenvalue weighted by molar-refractivity contribution is 7.99. The highest BCUT2D eigenvalue weighted by Crippen LogP contribution is 2.07. The summed E-state index contributed by atoms with van der Waals surface area (Å²) in [4.78, 5) is 0. The van der Waals surface area contributed by atoms with Crippen LogP contribution in [0.25, 0.3) is 0 Å². The topological polar surface area (TPSA) is 46.2 Å². The van der Waals surface area contributed by atoms with Crippen LogP contribution in [0.2, 0.25) is 0 Å². The zero-order valence-corrected chi connectivity index (χ0v) is 11.6. The summed E-state index contributed by atoms with van der Waals surface area (Å²) in [6, 6.07) is 0. The van der Waals surface area contributed by atoms with Crippen molar-refractivity contribution in [3.8, 4) is 0 Å². The van der Waals surface area contributed by atoms with Crippen molar-refractivity contribution >= 4 is 21.6 Å². The van der Waals surface area contributed by atoms with E-state index < -0.39 is 9.84 Å². The highest BCUT2D eigenvalue weighted by Gasteiger charge is 2.08. The summed E-state index contributed by atoms with van der Waals surface area (Å²) in [6.07, 6.45) is 3.90. The molecule has 15 heavy (non-hydrogen) atoms. The molecule has 0 amide bonds. The Balaban J connectivity index is 3.46. The molecule has 3 nitrogen and oxygen atoms in total. The summed E-state index contributed by atoms with van der Waals surface area (Å²) in [6.45, 7) is 5.57. The molecule has 0 saturated carbocycles. The lowest BCUT2D eigenvalue weighted by atomic mass is 10.3. The van der Waals surface area contributed by atoms with E-state index in [1.54, 1.807) is 0 Å². The molecule has 0 radical (unpaired) electrons. The lowest BCUT2D eigenvalue weighted by molar-refractivity contribution is 0.588. The fourth-order valence-electron chi connectivity index (χ4n) is 1.19. The quantitative estimate of drug-likeness (QED) is 0.633. The minimum atomic E-state index is -2.81. The van der Waals surface area contributed by atoms with Crippen LogP contribution < -0.4 is 5.32 Å². The molecule has 0 spiro atoms. The summed E-state index contributed by atoms with van der Waals surface area (Å²) >= 11 is 1.84. The van der Waals surface area contributed by atoms with Crippen LogP contribution in [0.5, 0.6) is 0 Å². The van der Waals surface area contributed by atoms with Gasteiger partial charge in [0, 0.05) is 17.5 Å². The van der Waals surface area contributed by atoms with E-state index in [1.807, 2.05) is 18.7 Å². The van der Waals surface area contributed by atoms with Gasteiger partial charge < -0.3 is 5.32 Å². The zero-order chi connectivity index (χ0) is 11.7. The van der Waals surface area contributed by atoms with Crippen LogP contribution >= 0.6 is 11.8 Å². The lowest BCUT2D eigenvalue weighted by Gasteiger charge is -2.09. The standard InChI is InChI=1S/C10H23NO2S2/c1-4-8-15(12,13)9-7-11-6-5-10(2)14-3/h10-11H,4-9H2,1-3H3. The second kappa shape index (κ2) is 8.42. The normalized spacial score (nSPS) is 14.1. The Morgan fingerprint density at radius 2 is 1.93 bits per heavy atom. The summed E-state index contributed by atoms with van der Waals surface area (Å²) in [5, 5.41) is 3.82. The van der Waals surface area contributed by atoms with Crippen molar-refractivity contribution in [2.75, 3.05) is 30.9 Å². The molecule has 0 bridgehead atoms. The number of hydrogen-bond acceptors (Lipinski definition) is 4. The predicted octanol–water partition coefficient (Wildman–Crippen LogP) is 1.54. The van der Waals surface area contributed by atoms with Gasteiger partial charge in [0.25, 0.3) is 0 Å². The molecular weight excluding hydrogens is 230 g/mol. The smallest absolute Gasteiger partial charge is 0.151 e. The van der Waals surface area contributed by atoms with E-state index in [9.17, 15) is 8.42 Å². The Kier molecular flexibility index (Phi) is 8.56. The van der Waals surface area contributed by atoms with Gasteiger partial charge in [0.05, 0.1) is 5.75 Å². The minimum Gasteiger partial charge on any atom is -0.316 e. The van der Waals surface area contributed by atoms with Crippen LogP contribution in [-0.4, -0.2) is 44.5 Å². The number of nitrogens with one attached hydrogen (secondary N) is 1. The third-order valence-corrected chi connectivity index (χ3v) is 5.13. The van der Waals surface area contributed by atoms with Crippen molar-refractivity contribution in [3.63, 3.8) is 0 Å². The predicted molar refractivity (Wildman–Crippen MR) is 69.4 cm³/mol. The van der Waals surface area contributed by atoms with Crippen molar-refractivity contribution in [1.29, 1.82) is 0 Å². The van der Waals surface area contributed by atoms with Gasteiger partial charge in [-0.15, -0.1) is 0 Å². The first-order chi connectivity index (χ1) is 7.02. The Bertz CT molecular complexity index is 240. The molecule has 0 aliphatic carbocycles. The summed E-state index contributed by atoms with van der Waals surface area (Å²) in [5.74, 6) is 0.588. The van der Waals surface area contributed by atoms with Gasteiger partial charge in [-0.3, -0.25) is 0 Å². The SMILES string of the molecule is CCCS(=O)(=O)CCNCCC(C)SC. The molecule has 0 heterocycles. The van der Waals surface area contributed by atoms with Gasteiger partial charge in [0.1, 0.15) is 0 Å². The molecule has 1 unspecified atom stereocenters. The van der Waals surface area contributed by atoms with Gasteiger partial charge in [0.15, 0.2) is 9.84 Å². The van der Waals surface area contributed by atoms with Gasteiger partial charge in [-0.05, 0) is 25.6 Å². The van der Waals surface area contributed by atoms with Gasteiger partial charge in [-0.1, -0.05) is 13.8 Å². The van der Waals surface area contributed by atoms with Crippen LogP contribution in [0.4, 0.5) is 0 Å². The molecule has 0 aromatic heterocycles. The van der Waals surface area contributed by atoms with Crippen molar-refractivity contribution in [1.82, 2.24) is 5.32 Å². The first kappa shape index (κ1) is 15.3. The summed E-state index contributed by atoms with van der Waals surface area (Å²) < 4.78 is 22.7. The second-order valence-electron chi connectivity index (χ2n) is 3.74. The number of sulfone groups is 1. The average Bonchev–Trinajstić information content (AvgIpc) is 2.16. The maximum Gasteiger partial charge on any atom is 0.151 e. The first-order valence-electron chi connectivity index (χ1n) is 5.45. The van der Waals surface area contributed by atoms with Crippen molar-refractivity contribution in [2.45, 2.75) is 31.9 Å². The van der Waals surface area contributed by atoms with Crippen molar-refractivity contribution in [2.24, 2.45) is 0 Å². The minimum absolute atomic E-state index is 0.272. The van der Waals surface area contributed by atoms with Crippen LogP contribution in [0.1, 0.15) is 26.7 Å². The van der Waals surface area contributed by atoms with E-state index in [0.717, 1.165) is 13.0 Å². The van der Waals surface area contributed by atoms with Crippen LogP contribution in [0.15, 0.2) is 0 Å². The lowest BCUT2D eigenvalue weighted by Crippen LogP contribution is -2.26. The fraction of sp³-hybridized carbons (Fsp3) is 1.00. The summed E-state index contributed by atoms with van der Waals surface area (Å²) in [5.41, 5.74) is 0. The van der Waals surface area contributed by atoms with Crippen LogP contribution in [0.3, 0.4) is 0 Å². The zero-order valence-electron chi connectivity index (χ0n) is 9.95. The molecule has 0 aromatic rings. The molecule has 0 aliphatic rings. The molecule has 0 rings (SSSR count). The van der Waals surface area contributed by atoms with Crippen LogP contribution in [0, 0.1) is 0 Å². The Labute approximate surface area is 98.3 Å². The molecule has 92 valence electrons. The largest absolute Gasteiger partial charge is 0.316 e. The van der Waals surface area contributed by atoms with Gasteiger partial charge in [-0.2, -0.15) is 11.8 Å². The molecule has 0 saturated heterocycles. The maximum atomic E-state index is 11.3. The van der Waals surface area contributed by atoms with Crippen LogP contribution in [-0.2, 0) is 9.84 Å². The highest BCUT2D eigenvalue weighted by atomic mass is 32.2. The van der Waals surface area contributed by atoms with Gasteiger partial charge >= 0.3 is 0 Å². The molecular formula is C10H23NO2S2.